The van der Waals surface area contributed by atoms with Crippen molar-refractivity contribution < 1.29 is 5.11 Å². The number of benzene rings is 1. The van der Waals surface area contributed by atoms with E-state index in [1.54, 1.807) is 11.8 Å². The third kappa shape index (κ3) is 2.16. The van der Waals surface area contributed by atoms with E-state index in [1.807, 2.05) is 18.2 Å². The molecule has 1 aliphatic heterocycles. The minimum Gasteiger partial charge on any atom is -0.396 e. The first-order valence-corrected chi connectivity index (χ1v) is 5.95. The van der Waals surface area contributed by atoms with E-state index < -0.39 is 0 Å². The van der Waals surface area contributed by atoms with Gasteiger partial charge in [-0.15, -0.1) is 11.8 Å². The predicted molar refractivity (Wildman–Crippen MR) is 61.3 cm³/mol. The lowest BCUT2D eigenvalue weighted by Gasteiger charge is -2.26. The second-order valence-corrected chi connectivity index (χ2v) is 4.80. The van der Waals surface area contributed by atoms with Gasteiger partial charge in [0.05, 0.1) is 0 Å². The van der Waals surface area contributed by atoms with Crippen molar-refractivity contribution >= 4 is 29.1 Å². The second kappa shape index (κ2) is 4.43. The molecular formula is C10H12ClNOS. The van der Waals surface area contributed by atoms with Gasteiger partial charge in [-0.25, -0.2) is 0 Å². The van der Waals surface area contributed by atoms with Gasteiger partial charge in [-0.1, -0.05) is 11.6 Å². The fourth-order valence-corrected chi connectivity index (χ4v) is 2.86. The molecule has 0 amide bonds. The molecule has 2 nitrogen and oxygen atoms in total. The number of fused-ring (bicyclic) bond motifs is 1. The number of thioether (sulfide) groups is 1. The van der Waals surface area contributed by atoms with E-state index in [0.717, 1.165) is 22.9 Å². The maximum Gasteiger partial charge on any atom is 0.0481 e. The highest BCUT2D eigenvalue weighted by Gasteiger charge is 2.17. The fraction of sp³-hybridized carbons (Fsp3) is 0.400. The van der Waals surface area contributed by atoms with Gasteiger partial charge in [-0.3, -0.25) is 0 Å². The van der Waals surface area contributed by atoms with Crippen molar-refractivity contribution in [2.24, 2.45) is 0 Å². The molecule has 0 radical (unpaired) electrons. The fourth-order valence-electron chi connectivity index (χ4n) is 1.50. The Kier molecular flexibility index (Phi) is 3.21. The van der Waals surface area contributed by atoms with E-state index in [4.69, 9.17) is 16.7 Å². The smallest absolute Gasteiger partial charge is 0.0481 e. The average Bonchev–Trinajstić information content (AvgIpc) is 2.19. The molecule has 4 heteroatoms. The molecule has 1 unspecified atom stereocenters. The van der Waals surface area contributed by atoms with Crippen LogP contribution in [-0.2, 0) is 0 Å². The summed E-state index contributed by atoms with van der Waals surface area (Å²) in [6.07, 6.45) is 0.801. The van der Waals surface area contributed by atoms with Crippen LogP contribution in [0.1, 0.15) is 6.42 Å². The molecule has 0 bridgehead atoms. The highest BCUT2D eigenvalue weighted by atomic mass is 35.5. The Balaban J connectivity index is 2.15. The van der Waals surface area contributed by atoms with Crippen LogP contribution in [0, 0.1) is 0 Å². The standard InChI is InChI=1S/C10H12ClNOS/c11-7-1-2-9-10(5-7)14-6-8(12-9)3-4-13/h1-2,5,8,12-13H,3-4,6H2. The van der Waals surface area contributed by atoms with Crippen LogP contribution < -0.4 is 5.32 Å². The van der Waals surface area contributed by atoms with Crippen LogP contribution in [0.5, 0.6) is 0 Å². The zero-order valence-corrected chi connectivity index (χ0v) is 9.24. The predicted octanol–water partition coefficient (Wildman–Crippen LogP) is 2.61. The van der Waals surface area contributed by atoms with E-state index >= 15 is 0 Å². The molecule has 1 atom stereocenters. The summed E-state index contributed by atoms with van der Waals surface area (Å²) in [7, 11) is 0. The molecule has 1 aromatic carbocycles. The van der Waals surface area contributed by atoms with Crippen LogP contribution in [0.3, 0.4) is 0 Å². The van der Waals surface area contributed by atoms with Gasteiger partial charge in [0.1, 0.15) is 0 Å². The van der Waals surface area contributed by atoms with Crippen LogP contribution in [0.25, 0.3) is 0 Å². The summed E-state index contributed by atoms with van der Waals surface area (Å²) in [4.78, 5) is 1.20. The Morgan fingerprint density at radius 3 is 3.21 bits per heavy atom. The van der Waals surface area contributed by atoms with E-state index in [-0.39, 0.29) is 6.61 Å². The quantitative estimate of drug-likeness (QED) is 0.818. The van der Waals surface area contributed by atoms with E-state index in [9.17, 15) is 0 Å². The van der Waals surface area contributed by atoms with Crippen molar-refractivity contribution in [2.45, 2.75) is 17.4 Å². The SMILES string of the molecule is OCCC1CSc2cc(Cl)ccc2N1. The first-order valence-electron chi connectivity index (χ1n) is 4.59. The van der Waals surface area contributed by atoms with Crippen molar-refractivity contribution in [3.05, 3.63) is 23.2 Å². The largest absolute Gasteiger partial charge is 0.396 e. The average molecular weight is 230 g/mol. The van der Waals surface area contributed by atoms with Crippen molar-refractivity contribution in [3.8, 4) is 0 Å². The maximum atomic E-state index is 8.84. The van der Waals surface area contributed by atoms with Gasteiger partial charge in [0.25, 0.3) is 0 Å². The van der Waals surface area contributed by atoms with Gasteiger partial charge in [-0.05, 0) is 24.6 Å². The molecule has 0 aromatic heterocycles. The van der Waals surface area contributed by atoms with E-state index in [1.165, 1.54) is 4.90 Å². The number of nitrogens with one attached hydrogen (secondary N) is 1. The summed E-state index contributed by atoms with van der Waals surface area (Å²) in [5.41, 5.74) is 1.13. The van der Waals surface area contributed by atoms with Crippen LogP contribution in [-0.4, -0.2) is 23.5 Å². The van der Waals surface area contributed by atoms with Crippen molar-refractivity contribution in [1.29, 1.82) is 0 Å². The van der Waals surface area contributed by atoms with Gasteiger partial charge < -0.3 is 10.4 Å². The van der Waals surface area contributed by atoms with Crippen LogP contribution in [0.2, 0.25) is 5.02 Å². The monoisotopic (exact) mass is 229 g/mol. The van der Waals surface area contributed by atoms with Gasteiger partial charge in [0.15, 0.2) is 0 Å². The zero-order chi connectivity index (χ0) is 9.97. The first-order chi connectivity index (χ1) is 6.79. The number of hydrogen-bond acceptors (Lipinski definition) is 3. The topological polar surface area (TPSA) is 32.3 Å². The third-order valence-corrected chi connectivity index (χ3v) is 3.67. The molecule has 1 aliphatic rings. The van der Waals surface area contributed by atoms with E-state index in [2.05, 4.69) is 5.32 Å². The zero-order valence-electron chi connectivity index (χ0n) is 7.66. The van der Waals surface area contributed by atoms with Crippen LogP contribution >= 0.6 is 23.4 Å². The lowest BCUT2D eigenvalue weighted by molar-refractivity contribution is 0.282. The Morgan fingerprint density at radius 2 is 2.43 bits per heavy atom. The lowest BCUT2D eigenvalue weighted by Crippen LogP contribution is -2.26. The number of aliphatic hydroxyl groups is 1. The normalized spacial score (nSPS) is 20.0. The molecule has 2 N–H and O–H groups in total. The van der Waals surface area contributed by atoms with Crippen molar-refractivity contribution in [3.63, 3.8) is 0 Å². The Hall–Kier alpha value is -0.380. The molecule has 0 fully saturated rings. The maximum absolute atomic E-state index is 8.84. The van der Waals surface area contributed by atoms with E-state index in [0.29, 0.717) is 6.04 Å². The molecule has 0 saturated heterocycles. The third-order valence-electron chi connectivity index (χ3n) is 2.22. The highest BCUT2D eigenvalue weighted by molar-refractivity contribution is 7.99. The molecular weight excluding hydrogens is 218 g/mol. The summed E-state index contributed by atoms with van der Waals surface area (Å²) >= 11 is 7.69. The Morgan fingerprint density at radius 1 is 1.57 bits per heavy atom. The Labute approximate surface area is 92.7 Å². The summed E-state index contributed by atoms with van der Waals surface area (Å²) in [5, 5.41) is 13.0. The molecule has 0 saturated carbocycles. The van der Waals surface area contributed by atoms with Gasteiger partial charge >= 0.3 is 0 Å². The summed E-state index contributed by atoms with van der Waals surface area (Å²) < 4.78 is 0. The van der Waals surface area contributed by atoms with Crippen LogP contribution in [0.4, 0.5) is 5.69 Å². The molecule has 0 aliphatic carbocycles. The molecule has 1 aromatic rings. The van der Waals surface area contributed by atoms with Crippen LogP contribution in [0.15, 0.2) is 23.1 Å². The van der Waals surface area contributed by atoms with Gasteiger partial charge in [0, 0.05) is 34.0 Å². The molecule has 76 valence electrons. The summed E-state index contributed by atoms with van der Waals surface area (Å²) in [6, 6.07) is 6.23. The molecule has 14 heavy (non-hydrogen) atoms. The molecule has 1 heterocycles. The van der Waals surface area contributed by atoms with Crippen molar-refractivity contribution in [1.82, 2.24) is 0 Å². The summed E-state index contributed by atoms with van der Waals surface area (Å²) in [5.74, 6) is 0.994. The molecule has 2 rings (SSSR count). The number of aliphatic hydroxyl groups excluding tert-OH is 1. The number of halogens is 1. The summed E-state index contributed by atoms with van der Waals surface area (Å²) in [6.45, 7) is 0.237. The minimum atomic E-state index is 0.237. The number of anilines is 1. The highest BCUT2D eigenvalue weighted by Crippen LogP contribution is 2.35. The van der Waals surface area contributed by atoms with Gasteiger partial charge in [-0.2, -0.15) is 0 Å². The lowest BCUT2D eigenvalue weighted by atomic mass is 10.2. The number of hydrogen-bond donors (Lipinski definition) is 2. The van der Waals surface area contributed by atoms with Crippen molar-refractivity contribution in [2.75, 3.05) is 17.7 Å². The molecule has 0 spiro atoms. The Bertz CT molecular complexity index is 332. The number of rotatable bonds is 2. The first kappa shape index (κ1) is 10.1. The van der Waals surface area contributed by atoms with Gasteiger partial charge in [0.2, 0.25) is 0 Å². The second-order valence-electron chi connectivity index (χ2n) is 3.31. The minimum absolute atomic E-state index is 0.237.